The van der Waals surface area contributed by atoms with Gasteiger partial charge in [-0.25, -0.2) is 0 Å². The molecule has 3 rings (SSSR count). The number of aryl methyl sites for hydroxylation is 1. The van der Waals surface area contributed by atoms with Gasteiger partial charge in [-0.15, -0.1) is 0 Å². The van der Waals surface area contributed by atoms with Crippen LogP contribution in [0.4, 0.5) is 0 Å². The molecule has 1 heteroatoms. The molecule has 20 heavy (non-hydrogen) atoms. The van der Waals surface area contributed by atoms with Gasteiger partial charge >= 0.3 is 0 Å². The lowest BCUT2D eigenvalue weighted by Crippen LogP contribution is -1.99. The van der Waals surface area contributed by atoms with Gasteiger partial charge in [-0.1, -0.05) is 54.8 Å². The molecule has 0 unspecified atom stereocenters. The summed E-state index contributed by atoms with van der Waals surface area (Å²) in [6, 6.07) is 10.0. The van der Waals surface area contributed by atoms with E-state index in [9.17, 15) is 0 Å². The standard InChI is InChI=1S/C19H15N/c1-2-15-7-3-4-8-16(15)11-12-17-13-14-20-19-10-6-5-9-18(17)19/h2-5,7-9,13-14H,1,6,10H2. The van der Waals surface area contributed by atoms with E-state index in [0.717, 1.165) is 35.2 Å². The lowest BCUT2D eigenvalue weighted by molar-refractivity contribution is 0.925. The van der Waals surface area contributed by atoms with Crippen molar-refractivity contribution < 1.29 is 0 Å². The fourth-order valence-corrected chi connectivity index (χ4v) is 2.36. The first-order valence-electron chi connectivity index (χ1n) is 6.76. The van der Waals surface area contributed by atoms with Crippen LogP contribution >= 0.6 is 0 Å². The quantitative estimate of drug-likeness (QED) is 0.701. The van der Waals surface area contributed by atoms with E-state index >= 15 is 0 Å². The molecule has 1 aliphatic carbocycles. The Balaban J connectivity index is 2.03. The summed E-state index contributed by atoms with van der Waals surface area (Å²) in [5.41, 5.74) is 5.44. The van der Waals surface area contributed by atoms with Gasteiger partial charge in [-0.05, 0) is 30.5 Å². The van der Waals surface area contributed by atoms with Gasteiger partial charge in [0.2, 0.25) is 0 Å². The number of rotatable bonds is 1. The molecule has 0 aliphatic heterocycles. The van der Waals surface area contributed by atoms with E-state index in [4.69, 9.17) is 0 Å². The molecular weight excluding hydrogens is 242 g/mol. The third kappa shape index (κ3) is 2.41. The Labute approximate surface area is 119 Å². The van der Waals surface area contributed by atoms with Gasteiger partial charge < -0.3 is 0 Å². The monoisotopic (exact) mass is 257 g/mol. The molecule has 1 aliphatic rings. The number of allylic oxidation sites excluding steroid dienone is 1. The van der Waals surface area contributed by atoms with Crippen molar-refractivity contribution in [2.75, 3.05) is 0 Å². The molecule has 0 radical (unpaired) electrons. The third-order valence-electron chi connectivity index (χ3n) is 3.42. The van der Waals surface area contributed by atoms with Gasteiger partial charge in [0.15, 0.2) is 0 Å². The van der Waals surface area contributed by atoms with Crippen molar-refractivity contribution in [1.82, 2.24) is 4.98 Å². The van der Waals surface area contributed by atoms with Gasteiger partial charge in [0, 0.05) is 28.6 Å². The highest BCUT2D eigenvalue weighted by Gasteiger charge is 2.08. The Morgan fingerprint density at radius 2 is 1.95 bits per heavy atom. The molecule has 0 bridgehead atoms. The highest BCUT2D eigenvalue weighted by molar-refractivity contribution is 5.65. The second-order valence-electron chi connectivity index (χ2n) is 4.70. The highest BCUT2D eigenvalue weighted by atomic mass is 14.7. The highest BCUT2D eigenvalue weighted by Crippen LogP contribution is 2.20. The first-order valence-corrected chi connectivity index (χ1v) is 6.76. The maximum absolute atomic E-state index is 4.43. The Bertz CT molecular complexity index is 742. The van der Waals surface area contributed by atoms with Crippen molar-refractivity contribution in [1.29, 1.82) is 0 Å². The lowest BCUT2D eigenvalue weighted by Gasteiger charge is -2.10. The summed E-state index contributed by atoms with van der Waals surface area (Å²) in [4.78, 5) is 4.43. The molecule has 2 aromatic rings. The van der Waals surface area contributed by atoms with E-state index in [1.165, 1.54) is 5.56 Å². The molecule has 1 aromatic heterocycles. The molecule has 0 saturated carbocycles. The van der Waals surface area contributed by atoms with Gasteiger partial charge in [0.05, 0.1) is 0 Å². The van der Waals surface area contributed by atoms with Gasteiger partial charge in [0.25, 0.3) is 0 Å². The number of nitrogens with zero attached hydrogens (tertiary/aromatic N) is 1. The van der Waals surface area contributed by atoms with Crippen LogP contribution < -0.4 is 0 Å². The summed E-state index contributed by atoms with van der Waals surface area (Å²) < 4.78 is 0. The molecule has 0 amide bonds. The topological polar surface area (TPSA) is 12.9 Å². The van der Waals surface area contributed by atoms with E-state index in [1.807, 2.05) is 42.6 Å². The van der Waals surface area contributed by atoms with Crippen molar-refractivity contribution in [2.45, 2.75) is 12.8 Å². The SMILES string of the molecule is C=Cc1ccccc1C#Cc1ccnc2c1C=CCC2. The Morgan fingerprint density at radius 1 is 1.10 bits per heavy atom. The maximum atomic E-state index is 4.43. The molecule has 1 nitrogen and oxygen atoms in total. The number of hydrogen-bond acceptors (Lipinski definition) is 1. The largest absolute Gasteiger partial charge is 0.261 e. The zero-order valence-corrected chi connectivity index (χ0v) is 11.3. The summed E-state index contributed by atoms with van der Waals surface area (Å²) >= 11 is 0. The van der Waals surface area contributed by atoms with E-state index in [2.05, 4.69) is 35.6 Å². The Hall–Kier alpha value is -2.59. The fraction of sp³-hybridized carbons (Fsp3) is 0.105. The molecule has 0 N–H and O–H groups in total. The molecule has 0 saturated heterocycles. The molecule has 1 heterocycles. The van der Waals surface area contributed by atoms with E-state index in [-0.39, 0.29) is 0 Å². The Morgan fingerprint density at radius 3 is 2.85 bits per heavy atom. The Kier molecular flexibility index (Phi) is 3.48. The van der Waals surface area contributed by atoms with Crippen LogP contribution in [0.25, 0.3) is 12.2 Å². The minimum atomic E-state index is 1.00. The maximum Gasteiger partial charge on any atom is 0.0491 e. The van der Waals surface area contributed by atoms with Crippen molar-refractivity contribution in [2.24, 2.45) is 0 Å². The zero-order valence-electron chi connectivity index (χ0n) is 11.3. The predicted molar refractivity (Wildman–Crippen MR) is 84.1 cm³/mol. The van der Waals surface area contributed by atoms with Crippen LogP contribution in [0.3, 0.4) is 0 Å². The van der Waals surface area contributed by atoms with E-state index in [1.54, 1.807) is 0 Å². The minimum Gasteiger partial charge on any atom is -0.261 e. The first kappa shape index (κ1) is 12.4. The summed E-state index contributed by atoms with van der Waals surface area (Å²) in [5.74, 6) is 6.52. The molecule has 0 spiro atoms. The molecule has 0 atom stereocenters. The summed E-state index contributed by atoms with van der Waals surface area (Å²) in [7, 11) is 0. The smallest absolute Gasteiger partial charge is 0.0491 e. The number of fused-ring (bicyclic) bond motifs is 1. The van der Waals surface area contributed by atoms with Crippen LogP contribution in [0.15, 0.2) is 49.2 Å². The number of pyridine rings is 1. The van der Waals surface area contributed by atoms with Gasteiger partial charge in [-0.2, -0.15) is 0 Å². The average Bonchev–Trinajstić information content (AvgIpc) is 2.53. The molecule has 96 valence electrons. The summed E-state index contributed by atoms with van der Waals surface area (Å²) in [5, 5.41) is 0. The van der Waals surface area contributed by atoms with Crippen LogP contribution in [0.5, 0.6) is 0 Å². The van der Waals surface area contributed by atoms with Crippen LogP contribution in [-0.2, 0) is 6.42 Å². The minimum absolute atomic E-state index is 1.00. The average molecular weight is 257 g/mol. The van der Waals surface area contributed by atoms with Crippen molar-refractivity contribution in [3.8, 4) is 11.8 Å². The first-order chi connectivity index (χ1) is 9.88. The second kappa shape index (κ2) is 5.59. The van der Waals surface area contributed by atoms with E-state index in [0.29, 0.717) is 0 Å². The number of hydrogen-bond donors (Lipinski definition) is 0. The predicted octanol–water partition coefficient (Wildman–Crippen LogP) is 4.08. The van der Waals surface area contributed by atoms with Crippen LogP contribution in [0, 0.1) is 11.8 Å². The summed E-state index contributed by atoms with van der Waals surface area (Å²) in [6.07, 6.45) is 10.1. The van der Waals surface area contributed by atoms with Crippen molar-refractivity contribution in [3.63, 3.8) is 0 Å². The van der Waals surface area contributed by atoms with Crippen LogP contribution in [0.2, 0.25) is 0 Å². The molecular formula is C19H15N. The van der Waals surface area contributed by atoms with Crippen LogP contribution in [-0.4, -0.2) is 4.98 Å². The molecule has 1 aromatic carbocycles. The number of aromatic nitrogens is 1. The normalized spacial score (nSPS) is 12.2. The zero-order chi connectivity index (χ0) is 13.8. The lowest BCUT2D eigenvalue weighted by atomic mass is 9.98. The molecule has 0 fully saturated rings. The third-order valence-corrected chi connectivity index (χ3v) is 3.42. The van der Waals surface area contributed by atoms with Crippen LogP contribution in [0.1, 0.15) is 34.4 Å². The second-order valence-corrected chi connectivity index (χ2v) is 4.70. The summed E-state index contributed by atoms with van der Waals surface area (Å²) in [6.45, 7) is 3.83. The van der Waals surface area contributed by atoms with Crippen molar-refractivity contribution in [3.05, 3.63) is 77.1 Å². The van der Waals surface area contributed by atoms with E-state index < -0.39 is 0 Å². The van der Waals surface area contributed by atoms with Gasteiger partial charge in [0.1, 0.15) is 0 Å². The number of benzene rings is 1. The van der Waals surface area contributed by atoms with Gasteiger partial charge in [-0.3, -0.25) is 4.98 Å². The fourth-order valence-electron chi connectivity index (χ4n) is 2.36. The van der Waals surface area contributed by atoms with Crippen molar-refractivity contribution >= 4 is 12.2 Å².